The van der Waals surface area contributed by atoms with Crippen molar-refractivity contribution in [3.05, 3.63) is 27.8 Å². The minimum absolute atomic E-state index is 0.532. The molecule has 2 heterocycles. The second kappa shape index (κ2) is 5.70. The molecule has 0 radical (unpaired) electrons. The van der Waals surface area contributed by atoms with Gasteiger partial charge in [-0.15, -0.1) is 11.3 Å². The van der Waals surface area contributed by atoms with Gasteiger partial charge in [-0.3, -0.25) is 0 Å². The van der Waals surface area contributed by atoms with Crippen LogP contribution in [0.1, 0.15) is 36.7 Å². The fourth-order valence-electron chi connectivity index (χ4n) is 3.15. The Hall–Kier alpha value is -1.13. The zero-order valence-corrected chi connectivity index (χ0v) is 13.1. The molecule has 3 rings (SSSR count). The molecule has 0 amide bonds. The van der Waals surface area contributed by atoms with Crippen LogP contribution in [-0.4, -0.2) is 16.5 Å². The maximum Gasteiger partial charge on any atom is 0.107 e. The number of hydrogen-bond acceptors (Lipinski definition) is 3. The monoisotopic (exact) mass is 289 g/mol. The number of nitrogens with zero attached hydrogens (tertiary/aromatic N) is 1. The molecule has 0 aliphatic heterocycles. The van der Waals surface area contributed by atoms with E-state index in [1.165, 1.54) is 28.2 Å². The summed E-state index contributed by atoms with van der Waals surface area (Å²) in [5, 5.41) is 2.18. The van der Waals surface area contributed by atoms with Gasteiger partial charge in [0.2, 0.25) is 0 Å². The molecule has 1 aliphatic carbocycles. The average Bonchev–Trinajstić information content (AvgIpc) is 3.01. The molecule has 3 N–H and O–H groups in total. The molecule has 0 saturated carbocycles. The summed E-state index contributed by atoms with van der Waals surface area (Å²) in [7, 11) is 0. The predicted molar refractivity (Wildman–Crippen MR) is 85.0 cm³/mol. The van der Waals surface area contributed by atoms with E-state index in [4.69, 9.17) is 10.7 Å². The Labute approximate surface area is 124 Å². The SMILES string of the molecule is CC(C)CC(CN)Cc1nc2c([nH]1)CCc1sccc1-2. The van der Waals surface area contributed by atoms with Gasteiger partial charge in [0, 0.05) is 22.6 Å². The highest BCUT2D eigenvalue weighted by atomic mass is 32.1. The second-order valence-electron chi connectivity index (χ2n) is 6.20. The molecule has 0 fully saturated rings. The van der Waals surface area contributed by atoms with Gasteiger partial charge in [-0.25, -0.2) is 4.98 Å². The molecule has 0 saturated heterocycles. The first-order valence-electron chi connectivity index (χ1n) is 7.52. The molecule has 3 nitrogen and oxygen atoms in total. The quantitative estimate of drug-likeness (QED) is 0.886. The topological polar surface area (TPSA) is 54.7 Å². The van der Waals surface area contributed by atoms with Gasteiger partial charge in [0.1, 0.15) is 5.82 Å². The summed E-state index contributed by atoms with van der Waals surface area (Å²) >= 11 is 1.85. The van der Waals surface area contributed by atoms with E-state index in [-0.39, 0.29) is 0 Å². The summed E-state index contributed by atoms with van der Waals surface area (Å²) in [4.78, 5) is 9.87. The molecule has 0 spiro atoms. The smallest absolute Gasteiger partial charge is 0.107 e. The molecule has 4 heteroatoms. The summed E-state index contributed by atoms with van der Waals surface area (Å²) in [6.07, 6.45) is 4.38. The first kappa shape index (κ1) is 13.8. The van der Waals surface area contributed by atoms with Crippen LogP contribution in [0.3, 0.4) is 0 Å². The van der Waals surface area contributed by atoms with E-state index in [1.54, 1.807) is 0 Å². The van der Waals surface area contributed by atoms with E-state index in [2.05, 4.69) is 30.3 Å². The van der Waals surface area contributed by atoms with Gasteiger partial charge in [0.05, 0.1) is 5.69 Å². The normalized spacial score (nSPS) is 15.2. The third-order valence-corrected chi connectivity index (χ3v) is 5.03. The lowest BCUT2D eigenvalue weighted by atomic mass is 9.94. The fraction of sp³-hybridized carbons (Fsp3) is 0.562. The summed E-state index contributed by atoms with van der Waals surface area (Å²) in [5.74, 6) is 2.34. The minimum atomic E-state index is 0.532. The standard InChI is InChI=1S/C16H23N3S/c1-10(2)7-11(9-17)8-15-18-13-3-4-14-12(5-6-20-14)16(13)19-15/h5-6,10-11H,3-4,7-9,17H2,1-2H3,(H,18,19). The summed E-state index contributed by atoms with van der Waals surface area (Å²) < 4.78 is 0. The molecule has 0 aromatic carbocycles. The summed E-state index contributed by atoms with van der Waals surface area (Å²) in [6.45, 7) is 5.26. The number of H-pyrrole nitrogens is 1. The van der Waals surface area contributed by atoms with Crippen molar-refractivity contribution in [1.82, 2.24) is 9.97 Å². The molecular weight excluding hydrogens is 266 g/mol. The lowest BCUT2D eigenvalue weighted by molar-refractivity contribution is 0.409. The number of imidazole rings is 1. The van der Waals surface area contributed by atoms with Crippen molar-refractivity contribution in [2.24, 2.45) is 17.6 Å². The molecule has 0 bridgehead atoms. The van der Waals surface area contributed by atoms with E-state index >= 15 is 0 Å². The molecule has 1 unspecified atom stereocenters. The highest BCUT2D eigenvalue weighted by Crippen LogP contribution is 2.35. The third kappa shape index (κ3) is 2.67. The third-order valence-electron chi connectivity index (χ3n) is 4.05. The number of nitrogens with two attached hydrogens (primary N) is 1. The van der Waals surface area contributed by atoms with E-state index in [0.717, 1.165) is 31.6 Å². The Morgan fingerprint density at radius 2 is 2.25 bits per heavy atom. The average molecular weight is 289 g/mol. The molecule has 1 atom stereocenters. The zero-order chi connectivity index (χ0) is 14.1. The van der Waals surface area contributed by atoms with Crippen LogP contribution in [0.2, 0.25) is 0 Å². The first-order chi connectivity index (χ1) is 9.67. The van der Waals surface area contributed by atoms with E-state index < -0.39 is 0 Å². The lowest BCUT2D eigenvalue weighted by Gasteiger charge is -2.15. The van der Waals surface area contributed by atoms with Gasteiger partial charge in [0.25, 0.3) is 0 Å². The van der Waals surface area contributed by atoms with Crippen LogP contribution < -0.4 is 5.73 Å². The Morgan fingerprint density at radius 1 is 1.40 bits per heavy atom. The van der Waals surface area contributed by atoms with Gasteiger partial charge >= 0.3 is 0 Å². The van der Waals surface area contributed by atoms with Crippen molar-refractivity contribution in [2.75, 3.05) is 6.54 Å². The maximum atomic E-state index is 5.91. The van der Waals surface area contributed by atoms with Gasteiger partial charge in [-0.05, 0) is 49.1 Å². The van der Waals surface area contributed by atoms with Crippen LogP contribution >= 0.6 is 11.3 Å². The van der Waals surface area contributed by atoms with E-state index in [0.29, 0.717) is 11.8 Å². The van der Waals surface area contributed by atoms with Crippen molar-refractivity contribution >= 4 is 11.3 Å². The predicted octanol–water partition coefficient (Wildman–Crippen LogP) is 3.40. The van der Waals surface area contributed by atoms with Crippen molar-refractivity contribution in [2.45, 2.75) is 39.5 Å². The number of rotatable bonds is 5. The molecule has 2 aromatic rings. The maximum absolute atomic E-state index is 5.91. The van der Waals surface area contributed by atoms with Crippen LogP contribution in [-0.2, 0) is 19.3 Å². The fourth-order valence-corrected chi connectivity index (χ4v) is 4.03. The Morgan fingerprint density at radius 3 is 3.00 bits per heavy atom. The first-order valence-corrected chi connectivity index (χ1v) is 8.40. The second-order valence-corrected chi connectivity index (χ2v) is 7.20. The van der Waals surface area contributed by atoms with Crippen LogP contribution in [0.25, 0.3) is 11.3 Å². The van der Waals surface area contributed by atoms with Crippen molar-refractivity contribution < 1.29 is 0 Å². The summed E-state index contributed by atoms with van der Waals surface area (Å²) in [6, 6.07) is 2.21. The van der Waals surface area contributed by atoms with Gasteiger partial charge in [0.15, 0.2) is 0 Å². The number of fused-ring (bicyclic) bond motifs is 3. The van der Waals surface area contributed by atoms with Crippen molar-refractivity contribution in [3.63, 3.8) is 0 Å². The number of aryl methyl sites for hydroxylation is 2. The van der Waals surface area contributed by atoms with Crippen molar-refractivity contribution in [3.8, 4) is 11.3 Å². The highest BCUT2D eigenvalue weighted by Gasteiger charge is 2.22. The number of hydrogen-bond donors (Lipinski definition) is 2. The molecular formula is C16H23N3S. The molecule has 108 valence electrons. The van der Waals surface area contributed by atoms with E-state index in [9.17, 15) is 0 Å². The van der Waals surface area contributed by atoms with Gasteiger partial charge in [-0.1, -0.05) is 13.8 Å². The number of thiophene rings is 1. The Balaban J connectivity index is 1.80. The Kier molecular flexibility index (Phi) is 3.94. The van der Waals surface area contributed by atoms with Gasteiger partial charge in [-0.2, -0.15) is 0 Å². The number of aromatic amines is 1. The Bertz CT molecular complexity index is 582. The molecule has 2 aromatic heterocycles. The number of aromatic nitrogens is 2. The zero-order valence-electron chi connectivity index (χ0n) is 12.3. The van der Waals surface area contributed by atoms with Crippen LogP contribution in [0.4, 0.5) is 0 Å². The number of nitrogens with one attached hydrogen (secondary N) is 1. The van der Waals surface area contributed by atoms with Gasteiger partial charge < -0.3 is 10.7 Å². The minimum Gasteiger partial charge on any atom is -0.345 e. The van der Waals surface area contributed by atoms with Crippen LogP contribution in [0, 0.1) is 11.8 Å². The summed E-state index contributed by atoms with van der Waals surface area (Å²) in [5.41, 5.74) is 9.75. The molecule has 1 aliphatic rings. The van der Waals surface area contributed by atoms with E-state index in [1.807, 2.05) is 11.3 Å². The molecule has 20 heavy (non-hydrogen) atoms. The van der Waals surface area contributed by atoms with Crippen LogP contribution in [0.15, 0.2) is 11.4 Å². The lowest BCUT2D eigenvalue weighted by Crippen LogP contribution is -2.19. The van der Waals surface area contributed by atoms with Crippen molar-refractivity contribution in [1.29, 1.82) is 0 Å². The highest BCUT2D eigenvalue weighted by molar-refractivity contribution is 7.10. The van der Waals surface area contributed by atoms with Crippen LogP contribution in [0.5, 0.6) is 0 Å². The largest absolute Gasteiger partial charge is 0.345 e.